The molecule has 0 unspecified atom stereocenters. The van der Waals surface area contributed by atoms with E-state index in [4.69, 9.17) is 27.6 Å². The Bertz CT molecular complexity index is 1510. The van der Waals surface area contributed by atoms with Gasteiger partial charge in [0.05, 0.1) is 5.56 Å². The molecule has 0 bridgehead atoms. The Labute approximate surface area is 199 Å². The summed E-state index contributed by atoms with van der Waals surface area (Å²) in [7, 11) is 0. The maximum absolute atomic E-state index is 13.5. The molecule has 0 saturated heterocycles. The van der Waals surface area contributed by atoms with Gasteiger partial charge in [-0.05, 0) is 55.8 Å². The number of nitrogens with zero attached hydrogens (tertiary/aromatic N) is 4. The topological polar surface area (TPSA) is 73.8 Å². The van der Waals surface area contributed by atoms with Crippen LogP contribution >= 0.6 is 23.2 Å². The third-order valence-corrected chi connectivity index (χ3v) is 6.14. The van der Waals surface area contributed by atoms with Crippen molar-refractivity contribution in [1.82, 2.24) is 19.7 Å². The first-order valence-electron chi connectivity index (χ1n) is 10.3. The van der Waals surface area contributed by atoms with Crippen LogP contribution in [0.25, 0.3) is 22.5 Å². The number of benzene rings is 2. The van der Waals surface area contributed by atoms with E-state index in [2.05, 4.69) is 19.7 Å². The monoisotopic (exact) mass is 476 g/mol. The predicted molar refractivity (Wildman–Crippen MR) is 128 cm³/mol. The minimum atomic E-state index is -0.335. The van der Waals surface area contributed by atoms with Gasteiger partial charge in [-0.25, -0.2) is 0 Å². The molecule has 0 saturated carbocycles. The number of hydrogen-bond acceptors (Lipinski definition) is 5. The summed E-state index contributed by atoms with van der Waals surface area (Å²) in [4.78, 5) is 17.7. The summed E-state index contributed by atoms with van der Waals surface area (Å²) in [6, 6.07) is 16.8. The van der Waals surface area contributed by atoms with E-state index >= 15 is 0 Å². The molecule has 0 amide bonds. The number of halogens is 2. The second-order valence-electron chi connectivity index (χ2n) is 7.76. The van der Waals surface area contributed by atoms with Crippen molar-refractivity contribution in [3.63, 3.8) is 0 Å². The molecule has 2 aromatic carbocycles. The Morgan fingerprint density at radius 2 is 1.88 bits per heavy atom. The summed E-state index contributed by atoms with van der Waals surface area (Å²) in [5, 5.41) is 9.99. The van der Waals surface area contributed by atoms with E-state index < -0.39 is 0 Å². The van der Waals surface area contributed by atoms with E-state index in [1.54, 1.807) is 30.5 Å². The Hall–Kier alpha value is -3.48. The molecule has 6 nitrogen and oxygen atoms in total. The highest BCUT2D eigenvalue weighted by atomic mass is 35.5. The fourth-order valence-corrected chi connectivity index (χ4v) is 4.39. The fourth-order valence-electron chi connectivity index (χ4n) is 3.92. The minimum Gasteiger partial charge on any atom is -0.412 e. The van der Waals surface area contributed by atoms with Gasteiger partial charge in [0.1, 0.15) is 5.69 Å². The Morgan fingerprint density at radius 3 is 2.64 bits per heavy atom. The zero-order chi connectivity index (χ0) is 23.1. The molecule has 164 valence electrons. The van der Waals surface area contributed by atoms with Crippen molar-refractivity contribution in [2.45, 2.75) is 20.4 Å². The molecule has 0 fully saturated rings. The van der Waals surface area contributed by atoms with Crippen LogP contribution in [0.15, 0.2) is 65.2 Å². The molecule has 5 rings (SSSR count). The fraction of sp³-hybridized carbons (Fsp3) is 0.120. The number of carbonyl (C=O) groups is 1. The van der Waals surface area contributed by atoms with Crippen LogP contribution in [-0.2, 0) is 6.54 Å². The summed E-state index contributed by atoms with van der Waals surface area (Å²) in [5.41, 5.74) is 4.67. The van der Waals surface area contributed by atoms with E-state index in [1.807, 2.05) is 44.2 Å². The van der Waals surface area contributed by atoms with Gasteiger partial charge in [0.2, 0.25) is 0 Å². The molecule has 0 atom stereocenters. The van der Waals surface area contributed by atoms with Gasteiger partial charge in [-0.3, -0.25) is 9.78 Å². The molecule has 8 heteroatoms. The first kappa shape index (κ1) is 21.4. The normalized spacial score (nSPS) is 11.3. The van der Waals surface area contributed by atoms with Crippen molar-refractivity contribution < 1.29 is 9.21 Å². The molecule has 33 heavy (non-hydrogen) atoms. The second kappa shape index (κ2) is 8.46. The zero-order valence-corrected chi connectivity index (χ0v) is 19.4. The number of fused-ring (bicyclic) bond motifs is 1. The summed E-state index contributed by atoms with van der Waals surface area (Å²) < 4.78 is 7.76. The van der Waals surface area contributed by atoms with Crippen molar-refractivity contribution in [2.24, 2.45) is 0 Å². The number of carbonyl (C=O) groups excluding carboxylic acids is 1. The summed E-state index contributed by atoms with van der Waals surface area (Å²) >= 11 is 12.5. The lowest BCUT2D eigenvalue weighted by Gasteiger charge is -2.11. The van der Waals surface area contributed by atoms with Crippen LogP contribution in [-0.4, -0.2) is 25.5 Å². The van der Waals surface area contributed by atoms with Crippen LogP contribution in [0, 0.1) is 13.8 Å². The van der Waals surface area contributed by atoms with Gasteiger partial charge in [0.15, 0.2) is 0 Å². The number of hydrogen-bond donors (Lipinski definition) is 0. The number of aromatic nitrogens is 4. The second-order valence-corrected chi connectivity index (χ2v) is 8.60. The number of pyridine rings is 1. The molecule has 5 aromatic rings. The Kier molecular flexibility index (Phi) is 5.48. The lowest BCUT2D eigenvalue weighted by atomic mass is 10.0. The van der Waals surface area contributed by atoms with E-state index in [9.17, 15) is 4.79 Å². The number of ketones is 1. The third kappa shape index (κ3) is 3.92. The Morgan fingerprint density at radius 1 is 1.03 bits per heavy atom. The zero-order valence-electron chi connectivity index (χ0n) is 17.8. The lowest BCUT2D eigenvalue weighted by molar-refractivity contribution is 0.100. The van der Waals surface area contributed by atoms with Crippen LogP contribution in [0.5, 0.6) is 0 Å². The van der Waals surface area contributed by atoms with Crippen molar-refractivity contribution in [3.05, 3.63) is 99.1 Å². The van der Waals surface area contributed by atoms with E-state index in [-0.39, 0.29) is 17.6 Å². The van der Waals surface area contributed by atoms with E-state index in [0.29, 0.717) is 27.8 Å². The molecule has 0 aliphatic rings. The van der Waals surface area contributed by atoms with Gasteiger partial charge in [-0.2, -0.15) is 0 Å². The van der Waals surface area contributed by atoms with Crippen LogP contribution in [0.4, 0.5) is 0 Å². The van der Waals surface area contributed by atoms with Crippen LogP contribution in [0.2, 0.25) is 10.0 Å². The summed E-state index contributed by atoms with van der Waals surface area (Å²) in [5.74, 6) is -0.216. The SMILES string of the molecule is Cc1ccc2c(c1)c(C(=O)c1nnc(-c3ccccn3)o1)c(C)n2Cc1ccc(Cl)cc1Cl. The molecular formula is C25H18Cl2N4O2. The van der Waals surface area contributed by atoms with Gasteiger partial charge in [-0.1, -0.05) is 47.0 Å². The lowest BCUT2D eigenvalue weighted by Crippen LogP contribution is -2.07. The maximum atomic E-state index is 13.5. The highest BCUT2D eigenvalue weighted by molar-refractivity contribution is 6.35. The van der Waals surface area contributed by atoms with Gasteiger partial charge < -0.3 is 8.98 Å². The smallest absolute Gasteiger partial charge is 0.289 e. The molecule has 0 N–H and O–H groups in total. The predicted octanol–water partition coefficient (Wildman–Crippen LogP) is 6.29. The average Bonchev–Trinajstić information content (AvgIpc) is 3.39. The Balaban J connectivity index is 1.61. The maximum Gasteiger partial charge on any atom is 0.289 e. The summed E-state index contributed by atoms with van der Waals surface area (Å²) in [6.07, 6.45) is 1.63. The molecule has 0 aliphatic heterocycles. The van der Waals surface area contributed by atoms with E-state index in [0.717, 1.165) is 27.7 Å². The number of aryl methyl sites for hydroxylation is 1. The van der Waals surface area contributed by atoms with Crippen molar-refractivity contribution in [1.29, 1.82) is 0 Å². The molecule has 3 aromatic heterocycles. The highest BCUT2D eigenvalue weighted by Crippen LogP contribution is 2.31. The van der Waals surface area contributed by atoms with Crippen molar-refractivity contribution >= 4 is 39.9 Å². The molecular weight excluding hydrogens is 459 g/mol. The molecule has 3 heterocycles. The van der Waals surface area contributed by atoms with Crippen LogP contribution in [0.1, 0.15) is 33.1 Å². The standard InChI is InChI=1S/C25H18Cl2N4O2/c1-14-6-9-21-18(11-14)22(15(2)31(21)13-16-7-8-17(26)12-19(16)27)23(32)25-30-29-24(33-25)20-5-3-4-10-28-20/h3-12H,13H2,1-2H3. The van der Waals surface area contributed by atoms with Gasteiger partial charge in [0, 0.05) is 39.4 Å². The minimum absolute atomic E-state index is 0.0798. The van der Waals surface area contributed by atoms with Gasteiger partial charge in [-0.15, -0.1) is 10.2 Å². The molecule has 0 aliphatic carbocycles. The average molecular weight is 477 g/mol. The van der Waals surface area contributed by atoms with Crippen molar-refractivity contribution in [3.8, 4) is 11.6 Å². The summed E-state index contributed by atoms with van der Waals surface area (Å²) in [6.45, 7) is 4.38. The van der Waals surface area contributed by atoms with Crippen LogP contribution < -0.4 is 0 Å². The number of rotatable bonds is 5. The van der Waals surface area contributed by atoms with Crippen molar-refractivity contribution in [2.75, 3.05) is 0 Å². The molecule has 0 radical (unpaired) electrons. The first-order valence-corrected chi connectivity index (χ1v) is 11.0. The largest absolute Gasteiger partial charge is 0.412 e. The first-order chi connectivity index (χ1) is 15.9. The van der Waals surface area contributed by atoms with Gasteiger partial charge in [0.25, 0.3) is 17.6 Å². The third-order valence-electron chi connectivity index (χ3n) is 5.55. The van der Waals surface area contributed by atoms with Crippen LogP contribution in [0.3, 0.4) is 0 Å². The quantitative estimate of drug-likeness (QED) is 0.278. The highest BCUT2D eigenvalue weighted by Gasteiger charge is 2.26. The molecule has 0 spiro atoms. The van der Waals surface area contributed by atoms with Gasteiger partial charge >= 0.3 is 0 Å². The van der Waals surface area contributed by atoms with E-state index in [1.165, 1.54) is 0 Å².